The molecule has 2 aliphatic heterocycles. The van der Waals surface area contributed by atoms with E-state index in [0.717, 1.165) is 5.82 Å². The van der Waals surface area contributed by atoms with Crippen molar-refractivity contribution in [2.45, 2.75) is 6.42 Å². The lowest BCUT2D eigenvalue weighted by molar-refractivity contribution is -0.136. The van der Waals surface area contributed by atoms with E-state index >= 15 is 0 Å². The average molecular weight is 299 g/mol. The van der Waals surface area contributed by atoms with Gasteiger partial charge < -0.3 is 15.1 Å². The van der Waals surface area contributed by atoms with Gasteiger partial charge in [-0.15, -0.1) is 0 Å². The lowest BCUT2D eigenvalue weighted by Gasteiger charge is -2.36. The van der Waals surface area contributed by atoms with Crippen LogP contribution in [-0.4, -0.2) is 54.4 Å². The molecule has 22 heavy (non-hydrogen) atoms. The van der Waals surface area contributed by atoms with Gasteiger partial charge in [-0.25, -0.2) is 4.98 Å². The third-order valence-electron chi connectivity index (χ3n) is 4.12. The quantitative estimate of drug-likeness (QED) is 0.812. The second-order valence-corrected chi connectivity index (χ2v) is 5.53. The molecule has 114 valence electrons. The third-order valence-corrected chi connectivity index (χ3v) is 4.12. The van der Waals surface area contributed by atoms with E-state index in [0.29, 0.717) is 44.7 Å². The molecule has 7 heteroatoms. The Hall–Kier alpha value is -2.62. The molecule has 3 heterocycles. The number of nitrogens with one attached hydrogen (secondary N) is 1. The fourth-order valence-corrected chi connectivity index (χ4v) is 2.83. The smallest absolute Gasteiger partial charge is 0.228 e. The number of hydrogen-bond acceptors (Lipinski definition) is 5. The monoisotopic (exact) mass is 299 g/mol. The molecular formula is C15H17N5O2. The molecule has 0 aliphatic carbocycles. The largest absolute Gasteiger partial charge is 0.355 e. The minimum Gasteiger partial charge on any atom is -0.355 e. The first kappa shape index (κ1) is 14.3. The molecule has 0 bridgehead atoms. The van der Waals surface area contributed by atoms with Crippen LogP contribution < -0.4 is 10.2 Å². The Morgan fingerprint density at radius 3 is 2.64 bits per heavy atom. The Morgan fingerprint density at radius 2 is 2.09 bits per heavy atom. The first-order valence-corrected chi connectivity index (χ1v) is 7.34. The number of rotatable bonds is 2. The van der Waals surface area contributed by atoms with Crippen LogP contribution in [0.4, 0.5) is 5.82 Å². The van der Waals surface area contributed by atoms with Gasteiger partial charge in [0.2, 0.25) is 11.8 Å². The predicted molar refractivity (Wildman–Crippen MR) is 78.9 cm³/mol. The lowest BCUT2D eigenvalue weighted by Crippen LogP contribution is -2.50. The first-order chi connectivity index (χ1) is 10.7. The molecule has 1 aromatic heterocycles. The molecule has 0 saturated carbocycles. The third kappa shape index (κ3) is 2.86. The maximum Gasteiger partial charge on any atom is 0.228 e. The molecule has 1 atom stereocenters. The number of nitrogens with zero attached hydrogens (tertiary/aromatic N) is 4. The zero-order valence-electron chi connectivity index (χ0n) is 12.2. The first-order valence-electron chi connectivity index (χ1n) is 7.34. The molecule has 1 N–H and O–H groups in total. The molecule has 0 radical (unpaired) electrons. The van der Waals surface area contributed by atoms with Crippen LogP contribution in [0.15, 0.2) is 18.3 Å². The Kier molecular flexibility index (Phi) is 3.92. The number of piperazine rings is 1. The van der Waals surface area contributed by atoms with Crippen LogP contribution >= 0.6 is 0 Å². The number of anilines is 1. The van der Waals surface area contributed by atoms with Crippen molar-refractivity contribution in [1.82, 2.24) is 15.2 Å². The van der Waals surface area contributed by atoms with Gasteiger partial charge in [0.25, 0.3) is 0 Å². The van der Waals surface area contributed by atoms with Crippen molar-refractivity contribution >= 4 is 17.6 Å². The zero-order valence-corrected chi connectivity index (χ0v) is 12.2. The fraction of sp³-hybridized carbons (Fsp3) is 0.467. The van der Waals surface area contributed by atoms with Gasteiger partial charge in [0, 0.05) is 45.3 Å². The molecule has 2 aliphatic rings. The number of aromatic nitrogens is 1. The number of pyridine rings is 1. The fourth-order valence-electron chi connectivity index (χ4n) is 2.83. The maximum atomic E-state index is 12.3. The molecule has 2 saturated heterocycles. The van der Waals surface area contributed by atoms with Crippen LogP contribution in [0.1, 0.15) is 12.0 Å². The maximum absolute atomic E-state index is 12.3. The van der Waals surface area contributed by atoms with Gasteiger partial charge in [-0.05, 0) is 12.1 Å². The number of hydrogen-bond donors (Lipinski definition) is 1. The van der Waals surface area contributed by atoms with Crippen LogP contribution in [0.3, 0.4) is 0 Å². The van der Waals surface area contributed by atoms with E-state index in [4.69, 9.17) is 5.26 Å². The van der Waals surface area contributed by atoms with Crippen molar-refractivity contribution in [2.75, 3.05) is 37.6 Å². The molecule has 1 unspecified atom stereocenters. The van der Waals surface area contributed by atoms with Gasteiger partial charge in [0.1, 0.15) is 11.9 Å². The number of nitriles is 1. The van der Waals surface area contributed by atoms with Crippen molar-refractivity contribution in [1.29, 1.82) is 5.26 Å². The summed E-state index contributed by atoms with van der Waals surface area (Å²) in [5, 5.41) is 11.5. The van der Waals surface area contributed by atoms with Crippen LogP contribution in [-0.2, 0) is 9.59 Å². The van der Waals surface area contributed by atoms with Crippen molar-refractivity contribution in [3.8, 4) is 6.07 Å². The van der Waals surface area contributed by atoms with Crippen LogP contribution in [0, 0.1) is 17.2 Å². The summed E-state index contributed by atoms with van der Waals surface area (Å²) in [6, 6.07) is 5.62. The standard InChI is InChI=1S/C15H17N5O2/c16-8-11-1-2-13(17-9-11)19-3-5-20(6-4-19)15(22)12-7-14(21)18-10-12/h1-2,9,12H,3-7,10H2,(H,18,21). The molecule has 1 aromatic rings. The second kappa shape index (κ2) is 6.02. The van der Waals surface area contributed by atoms with Gasteiger partial charge in [-0.1, -0.05) is 0 Å². The van der Waals surface area contributed by atoms with Gasteiger partial charge in [0.15, 0.2) is 0 Å². The molecule has 0 spiro atoms. The predicted octanol–water partition coefficient (Wildman–Crippen LogP) is -0.262. The summed E-state index contributed by atoms with van der Waals surface area (Å²) in [4.78, 5) is 31.7. The summed E-state index contributed by atoms with van der Waals surface area (Å²) in [7, 11) is 0. The van der Waals surface area contributed by atoms with E-state index in [1.54, 1.807) is 12.3 Å². The van der Waals surface area contributed by atoms with Gasteiger partial charge in [0.05, 0.1) is 11.5 Å². The van der Waals surface area contributed by atoms with E-state index in [1.807, 2.05) is 17.0 Å². The minimum atomic E-state index is -0.216. The summed E-state index contributed by atoms with van der Waals surface area (Å²) < 4.78 is 0. The Balaban J connectivity index is 1.56. The van der Waals surface area contributed by atoms with E-state index in [2.05, 4.69) is 15.2 Å². The number of carbonyl (C=O) groups excluding carboxylic acids is 2. The lowest BCUT2D eigenvalue weighted by atomic mass is 10.1. The van der Waals surface area contributed by atoms with E-state index in [9.17, 15) is 9.59 Å². The van der Waals surface area contributed by atoms with E-state index in [-0.39, 0.29) is 17.7 Å². The summed E-state index contributed by atoms with van der Waals surface area (Å²) >= 11 is 0. The highest BCUT2D eigenvalue weighted by molar-refractivity contribution is 5.89. The van der Waals surface area contributed by atoms with Crippen molar-refractivity contribution in [2.24, 2.45) is 5.92 Å². The zero-order chi connectivity index (χ0) is 15.5. The highest BCUT2D eigenvalue weighted by Crippen LogP contribution is 2.17. The van der Waals surface area contributed by atoms with Crippen molar-refractivity contribution in [3.05, 3.63) is 23.9 Å². The Morgan fingerprint density at radius 1 is 1.32 bits per heavy atom. The van der Waals surface area contributed by atoms with E-state index < -0.39 is 0 Å². The van der Waals surface area contributed by atoms with Gasteiger partial charge in [-0.2, -0.15) is 5.26 Å². The van der Waals surface area contributed by atoms with Crippen LogP contribution in [0.2, 0.25) is 0 Å². The molecule has 3 rings (SSSR count). The van der Waals surface area contributed by atoms with Crippen LogP contribution in [0.5, 0.6) is 0 Å². The van der Waals surface area contributed by atoms with Crippen molar-refractivity contribution in [3.63, 3.8) is 0 Å². The normalized spacial score (nSPS) is 21.4. The van der Waals surface area contributed by atoms with Gasteiger partial charge in [-0.3, -0.25) is 9.59 Å². The van der Waals surface area contributed by atoms with Gasteiger partial charge >= 0.3 is 0 Å². The Labute approximate surface area is 128 Å². The van der Waals surface area contributed by atoms with Crippen molar-refractivity contribution < 1.29 is 9.59 Å². The number of carbonyl (C=O) groups is 2. The highest BCUT2D eigenvalue weighted by atomic mass is 16.2. The molecule has 0 aromatic carbocycles. The van der Waals surface area contributed by atoms with Crippen LogP contribution in [0.25, 0.3) is 0 Å². The summed E-state index contributed by atoms with van der Waals surface area (Å²) in [5.41, 5.74) is 0.538. The summed E-state index contributed by atoms with van der Waals surface area (Å²) in [6.45, 7) is 3.13. The minimum absolute atomic E-state index is 0.0428. The molecule has 2 fully saturated rings. The topological polar surface area (TPSA) is 89.3 Å². The second-order valence-electron chi connectivity index (χ2n) is 5.53. The molecule has 2 amide bonds. The average Bonchev–Trinajstić information content (AvgIpc) is 3.01. The SMILES string of the molecule is N#Cc1ccc(N2CCN(C(=O)C3CNC(=O)C3)CC2)nc1. The highest BCUT2D eigenvalue weighted by Gasteiger charge is 2.32. The summed E-state index contributed by atoms with van der Waals surface area (Å²) in [5.74, 6) is 0.625. The Bertz CT molecular complexity index is 614. The summed E-state index contributed by atoms with van der Waals surface area (Å²) in [6.07, 6.45) is 1.86. The van der Waals surface area contributed by atoms with E-state index in [1.165, 1.54) is 0 Å². The molecule has 7 nitrogen and oxygen atoms in total. The number of amides is 2. The molecular weight excluding hydrogens is 282 g/mol.